The van der Waals surface area contributed by atoms with Gasteiger partial charge in [0.15, 0.2) is 0 Å². The zero-order valence-corrected chi connectivity index (χ0v) is 14.5. The third-order valence-corrected chi connectivity index (χ3v) is 4.67. The second-order valence-corrected chi connectivity index (χ2v) is 6.50. The van der Waals surface area contributed by atoms with E-state index in [2.05, 4.69) is 22.0 Å². The number of hydrogen-bond donors (Lipinski definition) is 1. The van der Waals surface area contributed by atoms with Gasteiger partial charge in [-0.15, -0.1) is 0 Å². The van der Waals surface area contributed by atoms with Crippen LogP contribution in [0, 0.1) is 17.2 Å². The molecule has 2 unspecified atom stereocenters. The van der Waals surface area contributed by atoms with Crippen molar-refractivity contribution in [3.8, 4) is 6.07 Å². The minimum absolute atomic E-state index is 0.0580. The van der Waals surface area contributed by atoms with E-state index in [0.717, 1.165) is 29.5 Å². The maximum absolute atomic E-state index is 12.3. The maximum atomic E-state index is 12.3. The number of hydrogen-bond acceptors (Lipinski definition) is 4. The number of carbonyl (C=O) groups excluding carboxylic acids is 2. The highest BCUT2D eigenvalue weighted by molar-refractivity contribution is 9.09. The SMILES string of the molecule is N#CC(CN1C(=O)c2ccccc2C1=O)C(N)CCCCCBr. The molecule has 0 bridgehead atoms. The summed E-state index contributed by atoms with van der Waals surface area (Å²) >= 11 is 3.38. The number of nitrogens with zero attached hydrogens (tertiary/aromatic N) is 2. The molecule has 6 heteroatoms. The standard InChI is InChI=1S/C17H20BrN3O2/c18-9-5-1-2-8-15(20)12(10-19)11-21-16(22)13-6-3-4-7-14(13)17(21)23/h3-4,6-7,12,15H,1-2,5,8-9,11,20H2. The van der Waals surface area contributed by atoms with E-state index in [-0.39, 0.29) is 24.4 Å². The number of alkyl halides is 1. The number of rotatable bonds is 8. The van der Waals surface area contributed by atoms with Crippen LogP contribution in [0.3, 0.4) is 0 Å². The van der Waals surface area contributed by atoms with Crippen molar-refractivity contribution in [3.05, 3.63) is 35.4 Å². The van der Waals surface area contributed by atoms with Crippen molar-refractivity contribution in [2.24, 2.45) is 11.7 Å². The molecule has 0 aliphatic carbocycles. The van der Waals surface area contributed by atoms with Gasteiger partial charge >= 0.3 is 0 Å². The molecule has 0 saturated heterocycles. The van der Waals surface area contributed by atoms with Crippen LogP contribution in [-0.4, -0.2) is 34.6 Å². The van der Waals surface area contributed by atoms with Crippen molar-refractivity contribution in [2.45, 2.75) is 31.7 Å². The van der Waals surface area contributed by atoms with E-state index in [4.69, 9.17) is 5.73 Å². The summed E-state index contributed by atoms with van der Waals surface area (Å²) in [4.78, 5) is 25.8. The largest absolute Gasteiger partial charge is 0.326 e. The van der Waals surface area contributed by atoms with E-state index in [0.29, 0.717) is 17.5 Å². The molecule has 1 aliphatic heterocycles. The normalized spacial score (nSPS) is 16.1. The van der Waals surface area contributed by atoms with E-state index in [1.54, 1.807) is 24.3 Å². The van der Waals surface area contributed by atoms with Gasteiger partial charge in [-0.05, 0) is 25.0 Å². The van der Waals surface area contributed by atoms with Gasteiger partial charge in [0.1, 0.15) is 0 Å². The smallest absolute Gasteiger partial charge is 0.261 e. The van der Waals surface area contributed by atoms with Gasteiger partial charge in [0.05, 0.1) is 23.1 Å². The van der Waals surface area contributed by atoms with Crippen molar-refractivity contribution < 1.29 is 9.59 Å². The fourth-order valence-corrected chi connectivity index (χ4v) is 3.12. The first-order valence-corrected chi connectivity index (χ1v) is 8.88. The summed E-state index contributed by atoms with van der Waals surface area (Å²) < 4.78 is 0. The molecule has 1 aliphatic rings. The lowest BCUT2D eigenvalue weighted by Gasteiger charge is -2.22. The topological polar surface area (TPSA) is 87.2 Å². The molecule has 1 aromatic carbocycles. The molecule has 122 valence electrons. The van der Waals surface area contributed by atoms with Crippen LogP contribution in [0.4, 0.5) is 0 Å². The van der Waals surface area contributed by atoms with E-state index >= 15 is 0 Å². The van der Waals surface area contributed by atoms with Crippen LogP contribution in [0.15, 0.2) is 24.3 Å². The lowest BCUT2D eigenvalue weighted by molar-refractivity contribution is 0.0634. The number of halogens is 1. The highest BCUT2D eigenvalue weighted by Crippen LogP contribution is 2.24. The molecule has 2 atom stereocenters. The molecule has 2 rings (SSSR count). The molecule has 23 heavy (non-hydrogen) atoms. The summed E-state index contributed by atoms with van der Waals surface area (Å²) in [7, 11) is 0. The molecule has 0 aromatic heterocycles. The van der Waals surface area contributed by atoms with Crippen LogP contribution in [-0.2, 0) is 0 Å². The number of amides is 2. The summed E-state index contributed by atoms with van der Waals surface area (Å²) in [6, 6.07) is 8.55. The molecule has 0 radical (unpaired) electrons. The van der Waals surface area contributed by atoms with E-state index in [1.165, 1.54) is 0 Å². The second-order valence-electron chi connectivity index (χ2n) is 5.70. The third-order valence-electron chi connectivity index (χ3n) is 4.11. The molecule has 0 fully saturated rings. The van der Waals surface area contributed by atoms with Crippen molar-refractivity contribution in [3.63, 3.8) is 0 Å². The Morgan fingerprint density at radius 2 is 1.74 bits per heavy atom. The van der Waals surface area contributed by atoms with Gasteiger partial charge in [-0.25, -0.2) is 0 Å². The maximum Gasteiger partial charge on any atom is 0.261 e. The van der Waals surface area contributed by atoms with Crippen LogP contribution < -0.4 is 5.73 Å². The Kier molecular flexibility index (Phi) is 6.31. The second kappa shape index (κ2) is 8.23. The van der Waals surface area contributed by atoms with E-state index in [9.17, 15) is 14.9 Å². The third kappa shape index (κ3) is 3.98. The number of nitrogens with two attached hydrogens (primary N) is 1. The molecular formula is C17H20BrN3O2. The summed E-state index contributed by atoms with van der Waals surface area (Å²) in [5.74, 6) is -1.21. The van der Waals surface area contributed by atoms with Crippen LogP contribution in [0.5, 0.6) is 0 Å². The Morgan fingerprint density at radius 3 is 2.26 bits per heavy atom. The van der Waals surface area contributed by atoms with Crippen LogP contribution >= 0.6 is 15.9 Å². The van der Waals surface area contributed by atoms with Gasteiger partial charge in [-0.1, -0.05) is 40.9 Å². The summed E-state index contributed by atoms with van der Waals surface area (Å²) in [5, 5.41) is 10.3. The summed E-state index contributed by atoms with van der Waals surface area (Å²) in [6.07, 6.45) is 3.77. The number of benzene rings is 1. The zero-order chi connectivity index (χ0) is 16.8. The molecule has 5 nitrogen and oxygen atoms in total. The number of imide groups is 1. The first kappa shape index (κ1) is 17.6. The van der Waals surface area contributed by atoms with Crippen LogP contribution in [0.25, 0.3) is 0 Å². The predicted molar refractivity (Wildman–Crippen MR) is 91.1 cm³/mol. The number of nitriles is 1. The monoisotopic (exact) mass is 377 g/mol. The number of fused-ring (bicyclic) bond motifs is 1. The average molecular weight is 378 g/mol. The van der Waals surface area contributed by atoms with Gasteiger partial charge in [0.25, 0.3) is 11.8 Å². The van der Waals surface area contributed by atoms with E-state index < -0.39 is 5.92 Å². The molecule has 0 saturated carbocycles. The van der Waals surface area contributed by atoms with Gasteiger partial charge in [0.2, 0.25) is 0 Å². The number of carbonyl (C=O) groups is 2. The Morgan fingerprint density at radius 1 is 1.13 bits per heavy atom. The molecule has 2 N–H and O–H groups in total. The molecule has 1 aromatic rings. The van der Waals surface area contributed by atoms with Crippen LogP contribution in [0.1, 0.15) is 46.4 Å². The fourth-order valence-electron chi connectivity index (χ4n) is 2.73. The summed E-state index contributed by atoms with van der Waals surface area (Å²) in [5.41, 5.74) is 6.91. The Bertz CT molecular complexity index is 592. The lowest BCUT2D eigenvalue weighted by Crippen LogP contribution is -2.41. The fraction of sp³-hybridized carbons (Fsp3) is 0.471. The molecular weight excluding hydrogens is 358 g/mol. The summed E-state index contributed by atoms with van der Waals surface area (Å²) in [6.45, 7) is 0.0580. The highest BCUT2D eigenvalue weighted by atomic mass is 79.9. The van der Waals surface area contributed by atoms with Gasteiger partial charge in [-0.2, -0.15) is 5.26 Å². The minimum atomic E-state index is -0.541. The minimum Gasteiger partial charge on any atom is -0.326 e. The lowest BCUT2D eigenvalue weighted by atomic mass is 9.96. The Balaban J connectivity index is 1.99. The quantitative estimate of drug-likeness (QED) is 0.428. The average Bonchev–Trinajstić information content (AvgIpc) is 2.81. The zero-order valence-electron chi connectivity index (χ0n) is 12.9. The first-order chi connectivity index (χ1) is 11.1. The van der Waals surface area contributed by atoms with E-state index in [1.807, 2.05) is 0 Å². The Labute approximate surface area is 144 Å². The van der Waals surface area contributed by atoms with Gasteiger partial charge in [0, 0.05) is 17.9 Å². The first-order valence-electron chi connectivity index (χ1n) is 7.76. The van der Waals surface area contributed by atoms with Gasteiger partial charge in [-0.3, -0.25) is 14.5 Å². The molecule has 0 spiro atoms. The number of unbranched alkanes of at least 4 members (excludes halogenated alkanes) is 2. The van der Waals surface area contributed by atoms with Crippen LogP contribution in [0.2, 0.25) is 0 Å². The predicted octanol–water partition coefficient (Wildman–Crippen LogP) is 2.70. The highest BCUT2D eigenvalue weighted by Gasteiger charge is 2.37. The Hall–Kier alpha value is -1.71. The molecule has 1 heterocycles. The van der Waals surface area contributed by atoms with Crippen molar-refractivity contribution in [1.82, 2.24) is 4.90 Å². The van der Waals surface area contributed by atoms with Gasteiger partial charge < -0.3 is 5.73 Å². The molecule has 2 amide bonds. The van der Waals surface area contributed by atoms with Crippen molar-refractivity contribution >= 4 is 27.7 Å². The van der Waals surface area contributed by atoms with Crippen molar-refractivity contribution in [2.75, 3.05) is 11.9 Å². The van der Waals surface area contributed by atoms with Crippen molar-refractivity contribution in [1.29, 1.82) is 5.26 Å².